The van der Waals surface area contributed by atoms with Gasteiger partial charge in [-0.2, -0.15) is 0 Å². The zero-order valence-electron chi connectivity index (χ0n) is 17.1. The lowest BCUT2D eigenvalue weighted by atomic mass is 9.83. The van der Waals surface area contributed by atoms with Gasteiger partial charge < -0.3 is 15.5 Å². The third-order valence-corrected chi connectivity index (χ3v) is 6.52. The minimum absolute atomic E-state index is 0.0138. The Labute approximate surface area is 176 Å². The number of carbonyl (C=O) groups is 3. The molecule has 3 atom stereocenters. The van der Waals surface area contributed by atoms with Gasteiger partial charge in [-0.05, 0) is 62.4 Å². The molecule has 4 rings (SSSR count). The summed E-state index contributed by atoms with van der Waals surface area (Å²) in [5.74, 6) is -0.652. The van der Waals surface area contributed by atoms with Crippen molar-refractivity contribution in [1.82, 2.24) is 20.4 Å². The fourth-order valence-corrected chi connectivity index (χ4v) is 5.00. The quantitative estimate of drug-likeness (QED) is 0.696. The van der Waals surface area contributed by atoms with Crippen LogP contribution in [-0.2, 0) is 16.1 Å². The summed E-state index contributed by atoms with van der Waals surface area (Å²) in [6, 6.07) is 4.91. The first kappa shape index (κ1) is 20.8. The SMILES string of the molecule is O=C(C[C@@H]1NC(=O)N(Cc2cccc(F)c2)C1=O)NC[C@H]1CCCN2CCCC[C@@H]12. The Morgan fingerprint density at radius 3 is 2.83 bits per heavy atom. The van der Waals surface area contributed by atoms with Crippen molar-refractivity contribution in [3.63, 3.8) is 0 Å². The first-order valence-corrected chi connectivity index (χ1v) is 10.9. The predicted octanol–water partition coefficient (Wildman–Crippen LogP) is 2.02. The lowest BCUT2D eigenvalue weighted by Gasteiger charge is -2.44. The summed E-state index contributed by atoms with van der Waals surface area (Å²) in [6.45, 7) is 2.90. The predicted molar refractivity (Wildman–Crippen MR) is 109 cm³/mol. The Hall–Kier alpha value is -2.48. The molecule has 1 aromatic carbocycles. The third-order valence-electron chi connectivity index (χ3n) is 6.52. The van der Waals surface area contributed by atoms with Gasteiger partial charge in [-0.25, -0.2) is 9.18 Å². The molecule has 3 aliphatic heterocycles. The van der Waals surface area contributed by atoms with Gasteiger partial charge in [0.1, 0.15) is 11.9 Å². The van der Waals surface area contributed by atoms with Gasteiger partial charge >= 0.3 is 6.03 Å². The number of imide groups is 1. The summed E-state index contributed by atoms with van der Waals surface area (Å²) in [6.07, 6.45) is 5.88. The maximum Gasteiger partial charge on any atom is 0.325 e. The second kappa shape index (κ2) is 9.12. The number of halogens is 1. The van der Waals surface area contributed by atoms with E-state index in [1.165, 1.54) is 37.5 Å². The molecular formula is C22H29FN4O3. The van der Waals surface area contributed by atoms with Crippen molar-refractivity contribution >= 4 is 17.8 Å². The second-order valence-corrected chi connectivity index (χ2v) is 8.57. The molecule has 0 spiro atoms. The van der Waals surface area contributed by atoms with E-state index in [4.69, 9.17) is 0 Å². The lowest BCUT2D eigenvalue weighted by molar-refractivity contribution is -0.131. The molecule has 3 aliphatic rings. The minimum Gasteiger partial charge on any atom is -0.356 e. The van der Waals surface area contributed by atoms with Crippen LogP contribution in [0.25, 0.3) is 0 Å². The molecule has 3 saturated heterocycles. The van der Waals surface area contributed by atoms with E-state index in [0.29, 0.717) is 24.1 Å². The zero-order valence-corrected chi connectivity index (χ0v) is 17.1. The number of hydrogen-bond donors (Lipinski definition) is 2. The lowest BCUT2D eigenvalue weighted by Crippen LogP contribution is -2.51. The van der Waals surface area contributed by atoms with E-state index in [-0.39, 0.29) is 18.9 Å². The highest BCUT2D eigenvalue weighted by Gasteiger charge is 2.39. The molecule has 1 aromatic rings. The Balaban J connectivity index is 1.28. The van der Waals surface area contributed by atoms with Gasteiger partial charge in [0.05, 0.1) is 13.0 Å². The summed E-state index contributed by atoms with van der Waals surface area (Å²) < 4.78 is 13.4. The molecule has 0 unspecified atom stereocenters. The first-order valence-electron chi connectivity index (χ1n) is 10.9. The Kier molecular flexibility index (Phi) is 6.32. The number of piperidine rings is 2. The van der Waals surface area contributed by atoms with Crippen molar-refractivity contribution in [3.05, 3.63) is 35.6 Å². The van der Waals surface area contributed by atoms with Gasteiger partial charge in [-0.3, -0.25) is 14.5 Å². The number of hydrogen-bond acceptors (Lipinski definition) is 4. The largest absolute Gasteiger partial charge is 0.356 e. The van der Waals surface area contributed by atoms with Crippen LogP contribution in [0.3, 0.4) is 0 Å². The maximum atomic E-state index is 13.4. The zero-order chi connectivity index (χ0) is 21.1. The molecule has 162 valence electrons. The molecule has 0 saturated carbocycles. The topological polar surface area (TPSA) is 81.8 Å². The van der Waals surface area contributed by atoms with Gasteiger partial charge in [0.25, 0.3) is 5.91 Å². The average Bonchev–Trinajstić information content (AvgIpc) is 2.99. The first-order chi connectivity index (χ1) is 14.5. The smallest absolute Gasteiger partial charge is 0.325 e. The molecule has 30 heavy (non-hydrogen) atoms. The summed E-state index contributed by atoms with van der Waals surface area (Å²) in [7, 11) is 0. The fraction of sp³-hybridized carbons (Fsp3) is 0.591. The Bertz CT molecular complexity index is 815. The second-order valence-electron chi connectivity index (χ2n) is 8.57. The van der Waals surface area contributed by atoms with Crippen molar-refractivity contribution in [2.75, 3.05) is 19.6 Å². The molecule has 0 aliphatic carbocycles. The van der Waals surface area contributed by atoms with Crippen LogP contribution in [0.1, 0.15) is 44.1 Å². The van der Waals surface area contributed by atoms with E-state index in [2.05, 4.69) is 15.5 Å². The number of benzene rings is 1. The molecule has 7 nitrogen and oxygen atoms in total. The third kappa shape index (κ3) is 4.64. The molecule has 3 heterocycles. The molecule has 2 N–H and O–H groups in total. The summed E-state index contributed by atoms with van der Waals surface area (Å²) in [5, 5.41) is 5.56. The number of rotatable bonds is 6. The standard InChI is InChI=1S/C22H29FN4O3/c23-17-7-3-5-15(11-17)14-27-21(29)18(25-22(27)30)12-20(28)24-13-16-6-4-10-26-9-2-1-8-19(16)26/h3,5,7,11,16,18-19H,1-2,4,6,8-10,12-14H2,(H,24,28)(H,25,30)/t16-,18+,19+/m1/s1. The van der Waals surface area contributed by atoms with E-state index in [1.807, 2.05) is 0 Å². The van der Waals surface area contributed by atoms with Crippen molar-refractivity contribution in [3.8, 4) is 0 Å². The highest BCUT2D eigenvalue weighted by atomic mass is 19.1. The van der Waals surface area contributed by atoms with Crippen LogP contribution in [0.2, 0.25) is 0 Å². The molecule has 0 radical (unpaired) electrons. The van der Waals surface area contributed by atoms with Crippen LogP contribution in [-0.4, -0.2) is 59.4 Å². The normalized spacial score (nSPS) is 27.0. The minimum atomic E-state index is -0.872. The van der Waals surface area contributed by atoms with Gasteiger partial charge in [0.2, 0.25) is 5.91 Å². The number of urea groups is 1. The number of nitrogens with zero attached hydrogens (tertiary/aromatic N) is 2. The van der Waals surface area contributed by atoms with Crippen LogP contribution >= 0.6 is 0 Å². The van der Waals surface area contributed by atoms with E-state index >= 15 is 0 Å². The van der Waals surface area contributed by atoms with Gasteiger partial charge in [0, 0.05) is 12.6 Å². The van der Waals surface area contributed by atoms with Crippen molar-refractivity contribution in [2.24, 2.45) is 5.92 Å². The van der Waals surface area contributed by atoms with Gasteiger partial charge in [-0.1, -0.05) is 18.6 Å². The molecular weight excluding hydrogens is 387 g/mol. The molecule has 0 bridgehead atoms. The van der Waals surface area contributed by atoms with Crippen LogP contribution in [0, 0.1) is 11.7 Å². The Morgan fingerprint density at radius 2 is 2.00 bits per heavy atom. The molecule has 8 heteroatoms. The van der Waals surface area contributed by atoms with E-state index in [1.54, 1.807) is 6.07 Å². The maximum absolute atomic E-state index is 13.4. The monoisotopic (exact) mass is 416 g/mol. The van der Waals surface area contributed by atoms with E-state index in [0.717, 1.165) is 30.8 Å². The molecule has 3 fully saturated rings. The van der Waals surface area contributed by atoms with Crippen molar-refractivity contribution in [1.29, 1.82) is 0 Å². The van der Waals surface area contributed by atoms with Crippen LogP contribution in [0.15, 0.2) is 24.3 Å². The van der Waals surface area contributed by atoms with Crippen molar-refractivity contribution in [2.45, 2.75) is 57.2 Å². The number of fused-ring (bicyclic) bond motifs is 1. The fourth-order valence-electron chi connectivity index (χ4n) is 5.00. The number of carbonyl (C=O) groups excluding carboxylic acids is 3. The van der Waals surface area contributed by atoms with Crippen LogP contribution in [0.5, 0.6) is 0 Å². The van der Waals surface area contributed by atoms with Crippen LogP contribution in [0.4, 0.5) is 9.18 Å². The summed E-state index contributed by atoms with van der Waals surface area (Å²) in [4.78, 5) is 40.8. The Morgan fingerprint density at radius 1 is 1.17 bits per heavy atom. The molecule has 4 amide bonds. The van der Waals surface area contributed by atoms with Gasteiger partial charge in [-0.15, -0.1) is 0 Å². The average molecular weight is 416 g/mol. The number of nitrogens with one attached hydrogen (secondary N) is 2. The molecule has 0 aromatic heterocycles. The van der Waals surface area contributed by atoms with Gasteiger partial charge in [0.15, 0.2) is 0 Å². The highest BCUT2D eigenvalue weighted by Crippen LogP contribution is 2.30. The van der Waals surface area contributed by atoms with Crippen molar-refractivity contribution < 1.29 is 18.8 Å². The number of amides is 4. The highest BCUT2D eigenvalue weighted by molar-refractivity contribution is 6.05. The summed E-state index contributed by atoms with van der Waals surface area (Å²) in [5.41, 5.74) is 0.526. The van der Waals surface area contributed by atoms with E-state index < -0.39 is 23.8 Å². The van der Waals surface area contributed by atoms with E-state index in [9.17, 15) is 18.8 Å². The summed E-state index contributed by atoms with van der Waals surface area (Å²) >= 11 is 0. The van der Waals surface area contributed by atoms with Crippen LogP contribution < -0.4 is 10.6 Å².